The van der Waals surface area contributed by atoms with Gasteiger partial charge in [-0.15, -0.1) is 0 Å². The second-order valence-electron chi connectivity index (χ2n) is 11.1. The molecule has 0 heterocycles. The van der Waals surface area contributed by atoms with E-state index in [0.717, 1.165) is 12.8 Å². The number of hydrogen-bond acceptors (Lipinski definition) is 2. The van der Waals surface area contributed by atoms with Gasteiger partial charge in [0.1, 0.15) is 0 Å². The van der Waals surface area contributed by atoms with Crippen LogP contribution in [0.1, 0.15) is 142 Å². The number of hydrogen-bond donors (Lipinski definition) is 1. The molecule has 0 rings (SSSR count). The van der Waals surface area contributed by atoms with Gasteiger partial charge in [0.05, 0.1) is 27.7 Å². The predicted octanol–water partition coefficient (Wildman–Crippen LogP) is 9.62. The summed E-state index contributed by atoms with van der Waals surface area (Å²) in [6, 6.07) is 0. The van der Waals surface area contributed by atoms with Crippen molar-refractivity contribution in [2.24, 2.45) is 0 Å². The van der Waals surface area contributed by atoms with E-state index in [4.69, 9.17) is 4.52 Å². The summed E-state index contributed by atoms with van der Waals surface area (Å²) in [6.45, 7) is 4.62. The van der Waals surface area contributed by atoms with Crippen molar-refractivity contribution in [3.05, 3.63) is 12.2 Å². The van der Waals surface area contributed by atoms with E-state index < -0.39 is 7.60 Å². The lowest BCUT2D eigenvalue weighted by Gasteiger charge is -2.35. The van der Waals surface area contributed by atoms with Gasteiger partial charge in [-0.05, 0) is 32.1 Å². The highest BCUT2D eigenvalue weighted by atomic mass is 31.2. The molecule has 4 nitrogen and oxygen atoms in total. The molecule has 0 aliphatic carbocycles. The van der Waals surface area contributed by atoms with Gasteiger partial charge in [-0.2, -0.15) is 0 Å². The summed E-state index contributed by atoms with van der Waals surface area (Å²) < 4.78 is 18.4. The van der Waals surface area contributed by atoms with Crippen molar-refractivity contribution in [2.75, 3.05) is 27.7 Å². The Morgan fingerprint density at radius 1 is 0.676 bits per heavy atom. The van der Waals surface area contributed by atoms with E-state index in [9.17, 15) is 9.46 Å². The normalized spacial score (nSPS) is 15.1. The van der Waals surface area contributed by atoms with Gasteiger partial charge in [-0.3, -0.25) is 4.57 Å². The number of unbranched alkanes of at least 4 members (excludes halogenated alkanes) is 17. The van der Waals surface area contributed by atoms with Crippen LogP contribution in [-0.4, -0.2) is 42.9 Å². The maximum absolute atomic E-state index is 12.5. The summed E-state index contributed by atoms with van der Waals surface area (Å²) in [7, 11) is 2.32. The molecule has 204 valence electrons. The molecule has 0 amide bonds. The zero-order chi connectivity index (χ0) is 25.5. The molecule has 0 bridgehead atoms. The Labute approximate surface area is 214 Å². The van der Waals surface area contributed by atoms with Crippen LogP contribution in [0.2, 0.25) is 0 Å². The molecular weight excluding hydrogens is 441 g/mol. The maximum atomic E-state index is 12.5. The highest BCUT2D eigenvalue weighted by Crippen LogP contribution is 2.51. The van der Waals surface area contributed by atoms with Crippen molar-refractivity contribution < 1.29 is 18.5 Å². The van der Waals surface area contributed by atoms with Gasteiger partial charge in [0, 0.05) is 6.42 Å². The Bertz CT molecular complexity index is 516. The van der Waals surface area contributed by atoms with Crippen LogP contribution in [0.3, 0.4) is 0 Å². The molecule has 5 heteroatoms. The molecule has 0 saturated carbocycles. The molecule has 0 fully saturated rings. The molecule has 34 heavy (non-hydrogen) atoms. The monoisotopic (exact) mass is 502 g/mol. The molecule has 0 aliphatic heterocycles. The fraction of sp³-hybridized carbons (Fsp3) is 0.931. The van der Waals surface area contributed by atoms with Crippen molar-refractivity contribution >= 4 is 7.60 Å². The minimum absolute atomic E-state index is 0.347. The summed E-state index contributed by atoms with van der Waals surface area (Å²) in [4.78, 5) is 10.3. The van der Waals surface area contributed by atoms with Crippen molar-refractivity contribution in [1.29, 1.82) is 0 Å². The van der Waals surface area contributed by atoms with Crippen molar-refractivity contribution in [3.63, 3.8) is 0 Å². The first-order valence-corrected chi connectivity index (χ1v) is 16.3. The van der Waals surface area contributed by atoms with Gasteiger partial charge >= 0.3 is 7.60 Å². The van der Waals surface area contributed by atoms with Crippen molar-refractivity contribution in [3.8, 4) is 0 Å². The quantitative estimate of drug-likeness (QED) is 0.0585. The first-order valence-electron chi connectivity index (χ1n) is 14.7. The molecule has 0 saturated heterocycles. The van der Waals surface area contributed by atoms with Gasteiger partial charge in [0.2, 0.25) is 0 Å². The molecule has 2 atom stereocenters. The van der Waals surface area contributed by atoms with Crippen LogP contribution in [0, 0.1) is 0 Å². The summed E-state index contributed by atoms with van der Waals surface area (Å²) in [5.74, 6) is -0.347. The Balaban J connectivity index is 3.38. The lowest BCUT2D eigenvalue weighted by Crippen LogP contribution is -2.44. The van der Waals surface area contributed by atoms with E-state index >= 15 is 0 Å². The molecule has 0 aromatic heterocycles. The van der Waals surface area contributed by atoms with Gasteiger partial charge in [-0.25, -0.2) is 0 Å². The first kappa shape index (κ1) is 33.8. The predicted molar refractivity (Wildman–Crippen MR) is 150 cm³/mol. The van der Waals surface area contributed by atoms with Gasteiger partial charge < -0.3 is 13.9 Å². The van der Waals surface area contributed by atoms with E-state index in [0.29, 0.717) is 17.5 Å². The van der Waals surface area contributed by atoms with Crippen molar-refractivity contribution in [1.82, 2.24) is 0 Å². The average Bonchev–Trinajstić information content (AvgIpc) is 2.76. The summed E-state index contributed by atoms with van der Waals surface area (Å²) in [5, 5.41) is 0. The van der Waals surface area contributed by atoms with Crippen LogP contribution >= 0.6 is 7.60 Å². The van der Waals surface area contributed by atoms with E-state index in [1.807, 2.05) is 28.1 Å². The molecular formula is C29H61NO3P+. The van der Waals surface area contributed by atoms with Crippen LogP contribution in [0.4, 0.5) is 0 Å². The van der Waals surface area contributed by atoms with Gasteiger partial charge in [0.15, 0.2) is 5.78 Å². The Kier molecular flexibility index (Phi) is 22.0. The molecule has 0 aromatic rings. The van der Waals surface area contributed by atoms with E-state index in [1.54, 1.807) is 0 Å². The van der Waals surface area contributed by atoms with Crippen LogP contribution in [0.25, 0.3) is 0 Å². The standard InChI is InChI=1S/C29H60NO3P/c1-6-8-9-10-11-12-13-14-15-16-17-18-19-20-21-22-23-24-25-26-27-28-33-34(31,32)29(7-2)30(3,4)5/h11-12,29H,6-10,13-28H2,1-5H3/p+1. The van der Waals surface area contributed by atoms with Crippen LogP contribution in [0.15, 0.2) is 12.2 Å². The smallest absolute Gasteiger partial charge is 0.320 e. The fourth-order valence-corrected chi connectivity index (χ4v) is 6.63. The number of nitrogens with zero attached hydrogens (tertiary/aromatic N) is 1. The summed E-state index contributed by atoms with van der Waals surface area (Å²) in [5.41, 5.74) is 0. The third kappa shape index (κ3) is 20.1. The lowest BCUT2D eigenvalue weighted by atomic mass is 10.0. The zero-order valence-electron chi connectivity index (χ0n) is 23.7. The average molecular weight is 503 g/mol. The SMILES string of the molecule is CCCCCC=CCCCCCCCCCCCCCCCCOP(=O)(O)C(CC)[N+](C)(C)C. The topological polar surface area (TPSA) is 46.5 Å². The van der Waals surface area contributed by atoms with Gasteiger partial charge in [-0.1, -0.05) is 116 Å². The first-order chi connectivity index (χ1) is 16.3. The minimum Gasteiger partial charge on any atom is -0.320 e. The molecule has 1 N–H and O–H groups in total. The van der Waals surface area contributed by atoms with Crippen LogP contribution in [-0.2, 0) is 9.09 Å². The molecule has 0 aromatic carbocycles. The largest absolute Gasteiger partial charge is 0.385 e. The number of allylic oxidation sites excluding steroid dienone is 2. The van der Waals surface area contributed by atoms with E-state index in [-0.39, 0.29) is 5.78 Å². The molecule has 0 radical (unpaired) electrons. The highest BCUT2D eigenvalue weighted by Gasteiger charge is 2.41. The minimum atomic E-state index is -3.55. The third-order valence-corrected chi connectivity index (χ3v) is 9.18. The highest BCUT2D eigenvalue weighted by molar-refractivity contribution is 7.53. The summed E-state index contributed by atoms with van der Waals surface area (Å²) >= 11 is 0. The van der Waals surface area contributed by atoms with Gasteiger partial charge in [0.25, 0.3) is 0 Å². The Morgan fingerprint density at radius 2 is 1.06 bits per heavy atom. The Hall–Kier alpha value is -0.150. The van der Waals surface area contributed by atoms with Crippen LogP contribution < -0.4 is 0 Å². The summed E-state index contributed by atoms with van der Waals surface area (Å²) in [6.07, 6.45) is 30.3. The Morgan fingerprint density at radius 3 is 1.44 bits per heavy atom. The maximum Gasteiger partial charge on any atom is 0.385 e. The van der Waals surface area contributed by atoms with E-state index in [2.05, 4.69) is 19.1 Å². The van der Waals surface area contributed by atoms with Crippen molar-refractivity contribution in [2.45, 2.75) is 148 Å². The molecule has 2 unspecified atom stereocenters. The fourth-order valence-electron chi connectivity index (χ4n) is 4.73. The number of rotatable bonds is 25. The van der Waals surface area contributed by atoms with Crippen LogP contribution in [0.5, 0.6) is 0 Å². The third-order valence-electron chi connectivity index (χ3n) is 6.82. The second kappa shape index (κ2) is 22.1. The molecule has 0 spiro atoms. The zero-order valence-corrected chi connectivity index (χ0v) is 24.6. The molecule has 0 aliphatic rings. The number of quaternary nitrogens is 1. The lowest BCUT2D eigenvalue weighted by molar-refractivity contribution is -0.883. The second-order valence-corrected chi connectivity index (χ2v) is 13.1. The van der Waals surface area contributed by atoms with E-state index in [1.165, 1.54) is 109 Å².